The van der Waals surface area contributed by atoms with Crippen LogP contribution in [0.3, 0.4) is 0 Å². The predicted octanol–water partition coefficient (Wildman–Crippen LogP) is 4.38. The van der Waals surface area contributed by atoms with Gasteiger partial charge >= 0.3 is 0 Å². The minimum Gasteiger partial charge on any atom is -0.369 e. The van der Waals surface area contributed by atoms with Gasteiger partial charge in [-0.25, -0.2) is 4.98 Å². The smallest absolute Gasteiger partial charge is 0.265 e. The van der Waals surface area contributed by atoms with Crippen LogP contribution in [0.5, 0.6) is 0 Å². The van der Waals surface area contributed by atoms with Crippen molar-refractivity contribution in [2.45, 2.75) is 13.0 Å². The van der Waals surface area contributed by atoms with Gasteiger partial charge in [-0.05, 0) is 43.3 Å². The summed E-state index contributed by atoms with van der Waals surface area (Å²) in [4.78, 5) is 28.0. The van der Waals surface area contributed by atoms with E-state index in [0.717, 1.165) is 25.3 Å². The highest BCUT2D eigenvalue weighted by atomic mass is 35.5. The zero-order chi connectivity index (χ0) is 23.8. The maximum Gasteiger partial charge on any atom is 0.265 e. The van der Waals surface area contributed by atoms with Crippen LogP contribution < -0.4 is 25.3 Å². The van der Waals surface area contributed by atoms with Crippen molar-refractivity contribution in [1.29, 1.82) is 0 Å². The summed E-state index contributed by atoms with van der Waals surface area (Å²) in [6.07, 6.45) is 1.54. The summed E-state index contributed by atoms with van der Waals surface area (Å²) in [7, 11) is 1.86. The van der Waals surface area contributed by atoms with Crippen LogP contribution in [-0.4, -0.2) is 55.3 Å². The number of nitrogens with zero attached hydrogens (tertiary/aromatic N) is 5. The zero-order valence-corrected chi connectivity index (χ0v) is 20.4. The maximum atomic E-state index is 13.2. The molecule has 3 aromatic rings. The summed E-state index contributed by atoms with van der Waals surface area (Å²) >= 11 is 12.7. The lowest BCUT2D eigenvalue weighted by Crippen LogP contribution is -2.49. The molecular weight excluding hydrogens is 473 g/mol. The third-order valence-corrected chi connectivity index (χ3v) is 6.63. The Balaban J connectivity index is 1.35. The van der Waals surface area contributed by atoms with Gasteiger partial charge in [-0.3, -0.25) is 9.69 Å². The van der Waals surface area contributed by atoms with E-state index < -0.39 is 0 Å². The molecule has 34 heavy (non-hydrogen) atoms. The second-order valence-electron chi connectivity index (χ2n) is 8.55. The number of fused-ring (bicyclic) bond motifs is 1. The van der Waals surface area contributed by atoms with Gasteiger partial charge in [0.2, 0.25) is 5.95 Å². The Labute approximate surface area is 208 Å². The fourth-order valence-electron chi connectivity index (χ4n) is 4.33. The van der Waals surface area contributed by atoms with Crippen molar-refractivity contribution in [3.05, 3.63) is 64.3 Å². The number of hydrogen-bond acceptors (Lipinski definition) is 7. The largest absolute Gasteiger partial charge is 0.369 e. The summed E-state index contributed by atoms with van der Waals surface area (Å²) in [6, 6.07) is 13.9. The molecule has 2 aliphatic rings. The first kappa shape index (κ1) is 22.7. The predicted molar refractivity (Wildman–Crippen MR) is 138 cm³/mol. The number of benzene rings is 2. The van der Waals surface area contributed by atoms with Crippen molar-refractivity contribution in [2.24, 2.45) is 0 Å². The Morgan fingerprint density at radius 3 is 2.56 bits per heavy atom. The highest BCUT2D eigenvalue weighted by molar-refractivity contribution is 6.40. The third-order valence-electron chi connectivity index (χ3n) is 6.02. The highest BCUT2D eigenvalue weighted by Crippen LogP contribution is 2.37. The van der Waals surface area contributed by atoms with Crippen LogP contribution in [0.2, 0.25) is 10.0 Å². The Morgan fingerprint density at radius 2 is 1.85 bits per heavy atom. The van der Waals surface area contributed by atoms with Gasteiger partial charge in [-0.15, -0.1) is 0 Å². The second-order valence-corrected chi connectivity index (χ2v) is 9.36. The number of nitrogens with one attached hydrogen (secondary N) is 2. The monoisotopic (exact) mass is 497 g/mol. The first-order valence-electron chi connectivity index (χ1n) is 11.1. The molecule has 8 nitrogen and oxygen atoms in total. The topological polar surface area (TPSA) is 76.6 Å². The average molecular weight is 498 g/mol. The minimum atomic E-state index is -0.246. The summed E-state index contributed by atoms with van der Waals surface area (Å²) in [5, 5.41) is 7.53. The van der Waals surface area contributed by atoms with Crippen LogP contribution in [0.25, 0.3) is 0 Å². The summed E-state index contributed by atoms with van der Waals surface area (Å²) in [5.74, 6) is 0.726. The second kappa shape index (κ2) is 9.29. The van der Waals surface area contributed by atoms with Gasteiger partial charge in [0.25, 0.3) is 5.91 Å². The Bertz CT molecular complexity index is 1200. The zero-order valence-electron chi connectivity index (χ0n) is 18.9. The number of carbonyl (C=O) groups excluding carboxylic acids is 1. The van der Waals surface area contributed by atoms with Gasteiger partial charge in [0.05, 0.1) is 22.4 Å². The molecule has 3 heterocycles. The van der Waals surface area contributed by atoms with Crippen LogP contribution in [-0.2, 0) is 0 Å². The number of para-hydroxylation sites is 1. The number of amides is 1. The van der Waals surface area contributed by atoms with Gasteiger partial charge in [0, 0.05) is 50.3 Å². The summed E-state index contributed by atoms with van der Waals surface area (Å²) in [5.41, 5.74) is 2.93. The quantitative estimate of drug-likeness (QED) is 0.553. The van der Waals surface area contributed by atoms with Gasteiger partial charge in [-0.1, -0.05) is 29.3 Å². The number of hydrogen-bond donors (Lipinski definition) is 2. The molecule has 10 heteroatoms. The standard InChI is InChI=1S/C24H25Cl2N7O/c1-15-13-32(11-10-27-15)17-8-6-16(7-9-17)29-24-28-12-18-22(30-24)31(2)14-33(23(18)34)21-19(25)4-3-5-20(21)26/h3-9,12,15,27H,10-11,13-14H2,1-2H3,(H,28,29,30)/t15-/m0/s1. The Hall–Kier alpha value is -3.07. The van der Waals surface area contributed by atoms with Crippen molar-refractivity contribution >= 4 is 57.9 Å². The van der Waals surface area contributed by atoms with Crippen LogP contribution in [0.4, 0.5) is 28.8 Å². The van der Waals surface area contributed by atoms with Crippen molar-refractivity contribution in [2.75, 3.05) is 53.4 Å². The van der Waals surface area contributed by atoms with E-state index in [1.54, 1.807) is 23.1 Å². The Morgan fingerprint density at radius 1 is 1.12 bits per heavy atom. The summed E-state index contributed by atoms with van der Waals surface area (Å²) < 4.78 is 0. The van der Waals surface area contributed by atoms with Gasteiger partial charge in [-0.2, -0.15) is 4.98 Å². The third kappa shape index (κ3) is 4.36. The van der Waals surface area contributed by atoms with E-state index in [-0.39, 0.29) is 12.6 Å². The molecule has 1 fully saturated rings. The average Bonchev–Trinajstić information content (AvgIpc) is 2.82. The van der Waals surface area contributed by atoms with E-state index >= 15 is 0 Å². The van der Waals surface area contributed by atoms with Crippen molar-refractivity contribution in [3.63, 3.8) is 0 Å². The number of piperazine rings is 1. The van der Waals surface area contributed by atoms with E-state index in [1.165, 1.54) is 11.9 Å². The molecule has 0 saturated carbocycles. The summed E-state index contributed by atoms with van der Waals surface area (Å²) in [6.45, 7) is 5.42. The fourth-order valence-corrected chi connectivity index (χ4v) is 4.94. The minimum absolute atomic E-state index is 0.246. The molecule has 5 rings (SSSR count). The van der Waals surface area contributed by atoms with Crippen molar-refractivity contribution in [1.82, 2.24) is 15.3 Å². The molecule has 1 saturated heterocycles. The molecule has 1 amide bonds. The van der Waals surface area contributed by atoms with Crippen LogP contribution in [0.1, 0.15) is 17.3 Å². The van der Waals surface area contributed by atoms with Gasteiger partial charge in [0.1, 0.15) is 11.4 Å². The number of halogens is 2. The van der Waals surface area contributed by atoms with Crippen LogP contribution >= 0.6 is 23.2 Å². The lowest BCUT2D eigenvalue weighted by atomic mass is 10.2. The molecule has 1 aromatic heterocycles. The van der Waals surface area contributed by atoms with Crippen LogP contribution in [0, 0.1) is 0 Å². The van der Waals surface area contributed by atoms with Crippen LogP contribution in [0.15, 0.2) is 48.7 Å². The molecule has 0 unspecified atom stereocenters. The molecule has 2 aliphatic heterocycles. The van der Waals surface area contributed by atoms with Crippen molar-refractivity contribution in [3.8, 4) is 0 Å². The maximum absolute atomic E-state index is 13.2. The number of carbonyl (C=O) groups is 1. The molecule has 1 atom stereocenters. The van der Waals surface area contributed by atoms with Crippen molar-refractivity contribution < 1.29 is 4.79 Å². The molecule has 0 spiro atoms. The lowest BCUT2D eigenvalue weighted by molar-refractivity contribution is 0.0982. The number of anilines is 5. The number of rotatable bonds is 4. The van der Waals surface area contributed by atoms with E-state index in [2.05, 4.69) is 44.6 Å². The first-order valence-corrected chi connectivity index (χ1v) is 11.9. The van der Waals surface area contributed by atoms with E-state index in [1.807, 2.05) is 24.1 Å². The fraction of sp³-hybridized carbons (Fsp3) is 0.292. The van der Waals surface area contributed by atoms with Gasteiger partial charge < -0.3 is 20.4 Å². The SMILES string of the molecule is C[C@H]1CN(c2ccc(Nc3ncc4c(n3)N(C)CN(c3c(Cl)cccc3Cl)C4=O)cc2)CCN1. The lowest BCUT2D eigenvalue weighted by Gasteiger charge is -2.35. The molecule has 176 valence electrons. The van der Waals surface area contributed by atoms with E-state index in [4.69, 9.17) is 23.2 Å². The first-order chi connectivity index (χ1) is 16.4. The van der Waals surface area contributed by atoms with Gasteiger partial charge in [0.15, 0.2) is 0 Å². The normalized spacial score (nSPS) is 18.2. The molecular formula is C24H25Cl2N7O. The molecule has 2 aromatic carbocycles. The Kier molecular flexibility index (Phi) is 6.20. The van der Waals surface area contributed by atoms with E-state index in [9.17, 15) is 4.79 Å². The highest BCUT2D eigenvalue weighted by Gasteiger charge is 2.32. The number of aromatic nitrogens is 2. The molecule has 0 aliphatic carbocycles. The molecule has 0 radical (unpaired) electrons. The van der Waals surface area contributed by atoms with E-state index in [0.29, 0.717) is 39.1 Å². The molecule has 0 bridgehead atoms. The molecule has 2 N–H and O–H groups in total.